The van der Waals surface area contributed by atoms with Crippen molar-refractivity contribution >= 4 is 29.4 Å². The van der Waals surface area contributed by atoms with Gasteiger partial charge < -0.3 is 34.5 Å². The molecule has 0 saturated carbocycles. The van der Waals surface area contributed by atoms with E-state index in [-0.39, 0.29) is 17.9 Å². The number of methoxy groups -OCH3 is 2. The zero-order valence-corrected chi connectivity index (χ0v) is 24.9. The molecule has 2 aliphatic rings. The fourth-order valence-electron chi connectivity index (χ4n) is 5.07. The van der Waals surface area contributed by atoms with Crippen molar-refractivity contribution in [2.75, 3.05) is 53.3 Å². The number of nitrogens with two attached hydrogens (primary N) is 1. The first kappa shape index (κ1) is 30.5. The van der Waals surface area contributed by atoms with E-state index in [4.69, 9.17) is 24.7 Å². The molecule has 10 nitrogen and oxygen atoms in total. The topological polar surface area (TPSA) is 116 Å². The molecule has 1 unspecified atom stereocenters. The third kappa shape index (κ3) is 6.87. The molecule has 224 valence electrons. The molecule has 2 amide bonds. The number of fused-ring (bicyclic) bond motifs is 2. The van der Waals surface area contributed by atoms with Crippen LogP contribution >= 0.6 is 0 Å². The lowest BCUT2D eigenvalue weighted by molar-refractivity contribution is 0.0775. The van der Waals surface area contributed by atoms with Crippen molar-refractivity contribution in [3.05, 3.63) is 59.7 Å². The van der Waals surface area contributed by atoms with Crippen molar-refractivity contribution in [2.45, 2.75) is 38.6 Å². The fourth-order valence-corrected chi connectivity index (χ4v) is 5.07. The van der Waals surface area contributed by atoms with E-state index in [1.54, 1.807) is 48.2 Å². The van der Waals surface area contributed by atoms with Crippen LogP contribution in [0.5, 0.6) is 23.0 Å². The summed E-state index contributed by atoms with van der Waals surface area (Å²) in [7, 11) is 4.79. The van der Waals surface area contributed by atoms with Gasteiger partial charge in [-0.2, -0.15) is 0 Å². The number of nitrogen functional groups attached to an aromatic ring is 1. The summed E-state index contributed by atoms with van der Waals surface area (Å²) in [6.45, 7) is 11.6. The molecule has 0 spiro atoms. The summed E-state index contributed by atoms with van der Waals surface area (Å²) in [5.74, 6) is 1.69. The Bertz CT molecular complexity index is 1400. The van der Waals surface area contributed by atoms with Gasteiger partial charge in [-0.25, -0.2) is 0 Å². The van der Waals surface area contributed by atoms with Gasteiger partial charge in [0.1, 0.15) is 0 Å². The fraction of sp³-hybridized carbons (Fsp3) is 0.406. The lowest BCUT2D eigenvalue weighted by atomic mass is 10.1. The minimum atomic E-state index is -0.212. The number of ether oxygens (including phenoxy) is 4. The van der Waals surface area contributed by atoms with Crippen LogP contribution in [-0.2, 0) is 0 Å². The van der Waals surface area contributed by atoms with Crippen molar-refractivity contribution in [3.63, 3.8) is 0 Å². The average Bonchev–Trinajstić information content (AvgIpc) is 3.29. The van der Waals surface area contributed by atoms with E-state index in [1.165, 1.54) is 7.11 Å². The Hall–Kier alpha value is -4.47. The molecule has 2 aliphatic heterocycles. The van der Waals surface area contributed by atoms with Crippen LogP contribution in [0.15, 0.2) is 53.6 Å². The minimum absolute atomic E-state index is 0.0693. The van der Waals surface area contributed by atoms with Crippen molar-refractivity contribution < 1.29 is 28.5 Å². The quantitative estimate of drug-likeness (QED) is 0.202. The van der Waals surface area contributed by atoms with E-state index < -0.39 is 0 Å². The van der Waals surface area contributed by atoms with Crippen LogP contribution in [0.3, 0.4) is 0 Å². The number of unbranched alkanes of at least 4 members (excludes halogenated alkanes) is 2. The van der Waals surface area contributed by atoms with Crippen LogP contribution in [0.4, 0.5) is 11.4 Å². The molecule has 0 radical (unpaired) electrons. The molecule has 4 rings (SSSR count). The molecule has 2 N–H and O–H groups in total. The van der Waals surface area contributed by atoms with Crippen LogP contribution in [0.2, 0.25) is 0 Å². The molecule has 1 fully saturated rings. The molecule has 1 saturated heterocycles. The third-order valence-corrected chi connectivity index (χ3v) is 7.17. The number of hydrogen-bond donors (Lipinski definition) is 1. The summed E-state index contributed by atoms with van der Waals surface area (Å²) in [6, 6.07) is 6.65. The highest BCUT2D eigenvalue weighted by Gasteiger charge is 2.34. The first-order chi connectivity index (χ1) is 20.1. The molecule has 2 aromatic rings. The van der Waals surface area contributed by atoms with E-state index in [1.807, 2.05) is 13.1 Å². The van der Waals surface area contributed by atoms with Gasteiger partial charge in [0.15, 0.2) is 23.0 Å². The van der Waals surface area contributed by atoms with Gasteiger partial charge in [0.05, 0.1) is 50.3 Å². The van der Waals surface area contributed by atoms with Crippen LogP contribution < -0.4 is 24.7 Å². The number of carbonyl (C=O) groups is 2. The van der Waals surface area contributed by atoms with Crippen LogP contribution in [0, 0.1) is 0 Å². The lowest BCUT2D eigenvalue weighted by Crippen LogP contribution is -2.35. The van der Waals surface area contributed by atoms with Crippen molar-refractivity contribution in [1.82, 2.24) is 9.80 Å². The number of nitrogens with zero attached hydrogens (tertiary/aromatic N) is 3. The van der Waals surface area contributed by atoms with Gasteiger partial charge in [0.25, 0.3) is 11.8 Å². The number of carbonyl (C=O) groups excluding carboxylic acids is 2. The third-order valence-electron chi connectivity index (χ3n) is 7.17. The van der Waals surface area contributed by atoms with Gasteiger partial charge in [-0.1, -0.05) is 24.3 Å². The van der Waals surface area contributed by atoms with Crippen LogP contribution in [0.1, 0.15) is 53.3 Å². The second-order valence-corrected chi connectivity index (χ2v) is 10.7. The molecule has 0 aliphatic carbocycles. The van der Waals surface area contributed by atoms with Gasteiger partial charge in [0, 0.05) is 44.2 Å². The first-order valence-electron chi connectivity index (χ1n) is 14.0. The molecule has 10 heteroatoms. The second-order valence-electron chi connectivity index (χ2n) is 10.7. The van der Waals surface area contributed by atoms with Crippen molar-refractivity contribution in [3.8, 4) is 23.0 Å². The van der Waals surface area contributed by atoms with Gasteiger partial charge in [-0.3, -0.25) is 14.6 Å². The summed E-state index contributed by atoms with van der Waals surface area (Å²) >= 11 is 0. The summed E-state index contributed by atoms with van der Waals surface area (Å²) in [5.41, 5.74) is 9.84. The van der Waals surface area contributed by atoms with E-state index in [9.17, 15) is 9.59 Å². The minimum Gasteiger partial charge on any atom is -0.493 e. The lowest BCUT2D eigenvalue weighted by Gasteiger charge is -2.20. The maximum atomic E-state index is 13.1. The number of likely N-dealkylation sites (N-methyl/N-ethyl adjacent to an activating group) is 1. The highest BCUT2D eigenvalue weighted by atomic mass is 16.5. The molecular formula is C32H40N4O6. The number of benzene rings is 2. The highest BCUT2D eigenvalue weighted by molar-refractivity contribution is 6.04. The first-order valence-corrected chi connectivity index (χ1v) is 14.0. The predicted octanol–water partition coefficient (Wildman–Crippen LogP) is 5.05. The Kier molecular flexibility index (Phi) is 9.77. The summed E-state index contributed by atoms with van der Waals surface area (Å²) in [6.07, 6.45) is 4.95. The number of aliphatic imine (C=N–C) groups is 1. The van der Waals surface area contributed by atoms with E-state index >= 15 is 0 Å². The highest BCUT2D eigenvalue weighted by Crippen LogP contribution is 2.38. The Labute approximate surface area is 247 Å². The molecule has 2 aromatic carbocycles. The maximum Gasteiger partial charge on any atom is 0.257 e. The Morgan fingerprint density at radius 3 is 2.33 bits per heavy atom. The molecule has 2 heterocycles. The van der Waals surface area contributed by atoms with Crippen molar-refractivity contribution in [2.24, 2.45) is 4.99 Å². The molecule has 1 atom stereocenters. The summed E-state index contributed by atoms with van der Waals surface area (Å²) < 4.78 is 22.9. The zero-order valence-electron chi connectivity index (χ0n) is 24.9. The Morgan fingerprint density at radius 1 is 1.05 bits per heavy atom. The molecule has 0 bridgehead atoms. The maximum absolute atomic E-state index is 13.1. The zero-order chi connectivity index (χ0) is 30.4. The van der Waals surface area contributed by atoms with Gasteiger partial charge in [0.2, 0.25) is 0 Å². The van der Waals surface area contributed by atoms with E-state index in [0.717, 1.165) is 36.8 Å². The number of amides is 2. The molecule has 0 aromatic heterocycles. The average molecular weight is 577 g/mol. The summed E-state index contributed by atoms with van der Waals surface area (Å²) in [5, 5.41) is 0. The smallest absolute Gasteiger partial charge is 0.257 e. The van der Waals surface area contributed by atoms with E-state index in [0.29, 0.717) is 71.8 Å². The Balaban J connectivity index is 1.28. The molecular weight excluding hydrogens is 536 g/mol. The number of rotatable bonds is 13. The Morgan fingerprint density at radius 2 is 1.69 bits per heavy atom. The monoisotopic (exact) mass is 576 g/mol. The normalized spacial score (nSPS) is 15.5. The van der Waals surface area contributed by atoms with Crippen molar-refractivity contribution in [1.29, 1.82) is 0 Å². The second kappa shape index (κ2) is 13.5. The van der Waals surface area contributed by atoms with Gasteiger partial charge in [-0.05, 0) is 44.7 Å². The predicted molar refractivity (Wildman–Crippen MR) is 164 cm³/mol. The summed E-state index contributed by atoms with van der Waals surface area (Å²) in [4.78, 5) is 33.9. The standard InChI is InChI=1S/C32H40N4O6/c1-20(2)18-35(4)31(37)23-13-27(39-5)29(15-25(23)33)41-10-8-7-9-11-42-30-16-26-24(14-28(30)40-6)32(38)36-19-21(3)12-22(36)17-34-26/h13-17,22H,1,3,7-12,18-19,33H2,2,4-6H3. The van der Waals surface area contributed by atoms with Gasteiger partial charge >= 0.3 is 0 Å². The van der Waals surface area contributed by atoms with Crippen LogP contribution in [-0.4, -0.2) is 81.4 Å². The molecule has 42 heavy (non-hydrogen) atoms. The van der Waals surface area contributed by atoms with E-state index in [2.05, 4.69) is 18.2 Å². The largest absolute Gasteiger partial charge is 0.493 e. The number of anilines is 1. The number of hydrogen-bond acceptors (Lipinski definition) is 8. The van der Waals surface area contributed by atoms with Crippen LogP contribution in [0.25, 0.3) is 0 Å². The SMILES string of the molecule is C=C(C)CN(C)C(=O)c1cc(OC)c(OCCCCCOc2cc3c(cc2OC)C(=O)N2CC(=C)CC2C=N3)cc1N. The van der Waals surface area contributed by atoms with Gasteiger partial charge in [-0.15, -0.1) is 0 Å².